The lowest BCUT2D eigenvalue weighted by atomic mass is 10.2. The molecule has 0 saturated carbocycles. The van der Waals surface area contributed by atoms with Crippen molar-refractivity contribution in [1.29, 1.82) is 0 Å². The van der Waals surface area contributed by atoms with Gasteiger partial charge in [0.05, 0.1) is 18.2 Å². The van der Waals surface area contributed by atoms with Gasteiger partial charge in [-0.2, -0.15) is 0 Å². The fourth-order valence-electron chi connectivity index (χ4n) is 1.62. The molecule has 3 nitrogen and oxygen atoms in total. The molecule has 0 amide bonds. The number of aryl methyl sites for hydroxylation is 2. The number of hydrogen-bond acceptors (Lipinski definition) is 2. The largest absolute Gasteiger partial charge is 0.487 e. The fourth-order valence-corrected chi connectivity index (χ4v) is 1.62. The van der Waals surface area contributed by atoms with Gasteiger partial charge in [-0.15, -0.1) is 0 Å². The topological polar surface area (TPSA) is 27.1 Å². The first-order valence-electron chi connectivity index (χ1n) is 5.48. The van der Waals surface area contributed by atoms with E-state index in [1.54, 1.807) is 0 Å². The number of ether oxygens (including phenoxy) is 1. The second-order valence-corrected chi connectivity index (χ2v) is 3.78. The molecule has 0 N–H and O–H groups in total. The van der Waals surface area contributed by atoms with Crippen LogP contribution in [0.4, 0.5) is 0 Å². The van der Waals surface area contributed by atoms with E-state index in [9.17, 15) is 0 Å². The van der Waals surface area contributed by atoms with Crippen LogP contribution < -0.4 is 4.74 Å². The summed E-state index contributed by atoms with van der Waals surface area (Å²) in [4.78, 5) is 4.11. The van der Waals surface area contributed by atoms with E-state index in [2.05, 4.69) is 29.5 Å². The average Bonchev–Trinajstić information content (AvgIpc) is 2.74. The first-order valence-corrected chi connectivity index (χ1v) is 5.48. The van der Waals surface area contributed by atoms with Crippen LogP contribution in [0.15, 0.2) is 36.8 Å². The molecule has 0 fully saturated rings. The number of rotatable bonds is 4. The summed E-state index contributed by atoms with van der Waals surface area (Å²) in [5, 5.41) is 0. The molecule has 1 heterocycles. The smallest absolute Gasteiger partial charge is 0.130 e. The van der Waals surface area contributed by atoms with Crippen molar-refractivity contribution in [2.24, 2.45) is 0 Å². The molecular formula is C13H16N2O. The zero-order valence-electron chi connectivity index (χ0n) is 9.68. The van der Waals surface area contributed by atoms with Gasteiger partial charge < -0.3 is 9.30 Å². The van der Waals surface area contributed by atoms with Crippen LogP contribution in [0.25, 0.3) is 0 Å². The third kappa shape index (κ3) is 2.42. The van der Waals surface area contributed by atoms with Gasteiger partial charge in [-0.1, -0.05) is 12.1 Å². The highest BCUT2D eigenvalue weighted by molar-refractivity contribution is 5.27. The molecule has 0 unspecified atom stereocenters. The Morgan fingerprint density at radius 1 is 1.38 bits per heavy atom. The van der Waals surface area contributed by atoms with Crippen molar-refractivity contribution in [3.63, 3.8) is 0 Å². The van der Waals surface area contributed by atoms with E-state index in [-0.39, 0.29) is 0 Å². The van der Waals surface area contributed by atoms with Crippen LogP contribution in [0.1, 0.15) is 18.2 Å². The lowest BCUT2D eigenvalue weighted by Crippen LogP contribution is -2.03. The van der Waals surface area contributed by atoms with Crippen molar-refractivity contribution in [2.75, 3.05) is 0 Å². The second kappa shape index (κ2) is 4.84. The minimum Gasteiger partial charge on any atom is -0.487 e. The van der Waals surface area contributed by atoms with Crippen LogP contribution in [-0.2, 0) is 13.2 Å². The SMILES string of the molecule is CCn1cncc1COc1cccc(C)c1. The third-order valence-electron chi connectivity index (χ3n) is 2.52. The predicted molar refractivity (Wildman–Crippen MR) is 63.4 cm³/mol. The van der Waals surface area contributed by atoms with E-state index in [0.717, 1.165) is 18.0 Å². The van der Waals surface area contributed by atoms with E-state index in [1.165, 1.54) is 5.56 Å². The summed E-state index contributed by atoms with van der Waals surface area (Å²) in [5.41, 5.74) is 2.31. The van der Waals surface area contributed by atoms with Gasteiger partial charge in [0.1, 0.15) is 12.4 Å². The Labute approximate surface area is 95.7 Å². The normalized spacial score (nSPS) is 10.4. The van der Waals surface area contributed by atoms with Gasteiger partial charge in [-0.3, -0.25) is 0 Å². The number of aromatic nitrogens is 2. The molecule has 0 spiro atoms. The summed E-state index contributed by atoms with van der Waals surface area (Å²) >= 11 is 0. The van der Waals surface area contributed by atoms with Gasteiger partial charge in [0.25, 0.3) is 0 Å². The molecule has 0 aliphatic heterocycles. The summed E-state index contributed by atoms with van der Waals surface area (Å²) in [6.07, 6.45) is 3.67. The van der Waals surface area contributed by atoms with E-state index in [4.69, 9.17) is 4.74 Å². The Kier molecular flexibility index (Phi) is 3.25. The molecule has 2 aromatic rings. The molecule has 84 valence electrons. The van der Waals surface area contributed by atoms with Gasteiger partial charge in [0.15, 0.2) is 0 Å². The molecule has 2 rings (SSSR count). The van der Waals surface area contributed by atoms with Crippen molar-refractivity contribution in [1.82, 2.24) is 9.55 Å². The molecule has 0 aliphatic rings. The zero-order chi connectivity index (χ0) is 11.4. The zero-order valence-corrected chi connectivity index (χ0v) is 9.68. The summed E-state index contributed by atoms with van der Waals surface area (Å²) in [6, 6.07) is 8.07. The molecule has 1 aromatic carbocycles. The number of benzene rings is 1. The summed E-state index contributed by atoms with van der Waals surface area (Å²) in [6.45, 7) is 5.64. The monoisotopic (exact) mass is 216 g/mol. The highest BCUT2D eigenvalue weighted by Gasteiger charge is 2.01. The number of nitrogens with zero attached hydrogens (tertiary/aromatic N) is 2. The summed E-state index contributed by atoms with van der Waals surface area (Å²) in [5.74, 6) is 0.906. The van der Waals surface area contributed by atoms with Gasteiger partial charge in [-0.05, 0) is 31.5 Å². The molecule has 1 aromatic heterocycles. The first kappa shape index (κ1) is 10.7. The lowest BCUT2D eigenvalue weighted by Gasteiger charge is -2.08. The predicted octanol–water partition coefficient (Wildman–Crippen LogP) is 2.79. The number of hydrogen-bond donors (Lipinski definition) is 0. The van der Waals surface area contributed by atoms with Crippen LogP contribution in [0.5, 0.6) is 5.75 Å². The molecule has 16 heavy (non-hydrogen) atoms. The van der Waals surface area contributed by atoms with E-state index < -0.39 is 0 Å². The Balaban J connectivity index is 2.02. The summed E-state index contributed by atoms with van der Waals surface area (Å²) in [7, 11) is 0. The number of imidazole rings is 1. The van der Waals surface area contributed by atoms with Gasteiger partial charge in [0.2, 0.25) is 0 Å². The Morgan fingerprint density at radius 2 is 2.25 bits per heavy atom. The highest BCUT2D eigenvalue weighted by Crippen LogP contribution is 2.14. The molecule has 3 heteroatoms. The van der Waals surface area contributed by atoms with Crippen molar-refractivity contribution in [3.8, 4) is 5.75 Å². The van der Waals surface area contributed by atoms with Crippen LogP contribution in [0, 0.1) is 6.92 Å². The van der Waals surface area contributed by atoms with Gasteiger partial charge in [0, 0.05) is 6.54 Å². The first-order chi connectivity index (χ1) is 7.79. The average molecular weight is 216 g/mol. The quantitative estimate of drug-likeness (QED) is 0.785. The second-order valence-electron chi connectivity index (χ2n) is 3.78. The van der Waals surface area contributed by atoms with Gasteiger partial charge in [-0.25, -0.2) is 4.98 Å². The van der Waals surface area contributed by atoms with E-state index in [1.807, 2.05) is 30.7 Å². The van der Waals surface area contributed by atoms with Crippen molar-refractivity contribution < 1.29 is 4.74 Å². The van der Waals surface area contributed by atoms with Crippen LogP contribution in [0.2, 0.25) is 0 Å². The molecule has 0 bridgehead atoms. The minimum atomic E-state index is 0.567. The van der Waals surface area contributed by atoms with Crippen LogP contribution in [0.3, 0.4) is 0 Å². The Morgan fingerprint density at radius 3 is 3.00 bits per heavy atom. The lowest BCUT2D eigenvalue weighted by molar-refractivity contribution is 0.295. The van der Waals surface area contributed by atoms with Crippen molar-refractivity contribution in [2.45, 2.75) is 27.0 Å². The Hall–Kier alpha value is -1.77. The molecule has 0 aliphatic carbocycles. The van der Waals surface area contributed by atoms with Gasteiger partial charge >= 0.3 is 0 Å². The van der Waals surface area contributed by atoms with E-state index in [0.29, 0.717) is 6.61 Å². The van der Waals surface area contributed by atoms with Crippen molar-refractivity contribution >= 4 is 0 Å². The van der Waals surface area contributed by atoms with Crippen LogP contribution >= 0.6 is 0 Å². The standard InChI is InChI=1S/C13H16N2O/c1-3-15-10-14-8-12(15)9-16-13-6-4-5-11(2)7-13/h4-8,10H,3,9H2,1-2H3. The molecule has 0 radical (unpaired) electrons. The molecular weight excluding hydrogens is 200 g/mol. The van der Waals surface area contributed by atoms with E-state index >= 15 is 0 Å². The van der Waals surface area contributed by atoms with Crippen LogP contribution in [-0.4, -0.2) is 9.55 Å². The Bertz CT molecular complexity index is 462. The summed E-state index contributed by atoms with van der Waals surface area (Å²) < 4.78 is 7.79. The highest BCUT2D eigenvalue weighted by atomic mass is 16.5. The molecule has 0 atom stereocenters. The maximum absolute atomic E-state index is 5.71. The molecule has 0 saturated heterocycles. The van der Waals surface area contributed by atoms with Crippen molar-refractivity contribution in [3.05, 3.63) is 48.0 Å². The fraction of sp³-hybridized carbons (Fsp3) is 0.308. The maximum atomic E-state index is 5.71. The maximum Gasteiger partial charge on any atom is 0.130 e. The third-order valence-corrected chi connectivity index (χ3v) is 2.52. The minimum absolute atomic E-state index is 0.567.